The number of benzene rings is 1. The highest BCUT2D eigenvalue weighted by atomic mass is 19.1. The van der Waals surface area contributed by atoms with Crippen LogP contribution < -0.4 is 11.1 Å². The van der Waals surface area contributed by atoms with Crippen LogP contribution in [-0.2, 0) is 0 Å². The zero-order chi connectivity index (χ0) is 14.3. The smallest absolute Gasteiger partial charge is 0.251 e. The minimum absolute atomic E-state index is 0.118. The minimum Gasteiger partial charge on any atom is -0.349 e. The predicted molar refractivity (Wildman–Crippen MR) is 74.2 cm³/mol. The summed E-state index contributed by atoms with van der Waals surface area (Å²) in [5.41, 5.74) is 5.79. The van der Waals surface area contributed by atoms with E-state index >= 15 is 0 Å². The highest BCUT2D eigenvalue weighted by Gasteiger charge is 2.12. The Morgan fingerprint density at radius 2 is 2.11 bits per heavy atom. The van der Waals surface area contributed by atoms with Gasteiger partial charge in [-0.05, 0) is 31.0 Å². The molecular formula is C15H19FN2O. The number of nitrogens with two attached hydrogens (primary N) is 1. The van der Waals surface area contributed by atoms with E-state index in [1.54, 1.807) is 6.07 Å². The third-order valence-electron chi connectivity index (χ3n) is 2.88. The standard InChI is InChI=1S/C15H19FN2O/c1-3-13(4-2)18-15(19)12-8-7-11(6-5-9-17)14(16)10-12/h7-8,10,13H,3-4,9,17H2,1-2H3,(H,18,19). The average Bonchev–Trinajstić information content (AvgIpc) is 2.43. The highest BCUT2D eigenvalue weighted by Crippen LogP contribution is 2.10. The van der Waals surface area contributed by atoms with Gasteiger partial charge in [0.1, 0.15) is 5.82 Å². The van der Waals surface area contributed by atoms with Crippen molar-refractivity contribution in [2.75, 3.05) is 6.54 Å². The van der Waals surface area contributed by atoms with Gasteiger partial charge in [0.2, 0.25) is 0 Å². The number of hydrogen-bond acceptors (Lipinski definition) is 2. The maximum Gasteiger partial charge on any atom is 0.251 e. The van der Waals surface area contributed by atoms with Crippen LogP contribution in [0.25, 0.3) is 0 Å². The molecule has 0 bridgehead atoms. The first-order valence-corrected chi connectivity index (χ1v) is 6.41. The number of rotatable bonds is 4. The van der Waals surface area contributed by atoms with Crippen molar-refractivity contribution in [3.8, 4) is 11.8 Å². The van der Waals surface area contributed by atoms with Crippen molar-refractivity contribution in [3.63, 3.8) is 0 Å². The molecule has 0 unspecified atom stereocenters. The Balaban J connectivity index is 2.85. The number of hydrogen-bond donors (Lipinski definition) is 2. The monoisotopic (exact) mass is 262 g/mol. The van der Waals surface area contributed by atoms with Crippen molar-refractivity contribution >= 4 is 5.91 Å². The maximum atomic E-state index is 13.7. The fourth-order valence-corrected chi connectivity index (χ4v) is 1.67. The fraction of sp³-hybridized carbons (Fsp3) is 0.400. The second-order valence-corrected chi connectivity index (χ2v) is 4.19. The van der Waals surface area contributed by atoms with Gasteiger partial charge in [-0.1, -0.05) is 25.7 Å². The molecule has 19 heavy (non-hydrogen) atoms. The molecular weight excluding hydrogens is 243 g/mol. The molecule has 0 aromatic heterocycles. The first-order chi connectivity index (χ1) is 9.12. The summed E-state index contributed by atoms with van der Waals surface area (Å²) in [5.74, 6) is 4.44. The molecule has 0 spiro atoms. The van der Waals surface area contributed by atoms with Crippen molar-refractivity contribution < 1.29 is 9.18 Å². The lowest BCUT2D eigenvalue weighted by atomic mass is 10.1. The number of amides is 1. The second kappa shape index (κ2) is 7.55. The van der Waals surface area contributed by atoms with Crippen LogP contribution in [0.2, 0.25) is 0 Å². The summed E-state index contributed by atoms with van der Waals surface area (Å²) in [5, 5.41) is 2.86. The van der Waals surface area contributed by atoms with Gasteiger partial charge in [-0.25, -0.2) is 4.39 Å². The Morgan fingerprint density at radius 3 is 2.63 bits per heavy atom. The molecule has 0 heterocycles. The third kappa shape index (κ3) is 4.38. The van der Waals surface area contributed by atoms with E-state index in [9.17, 15) is 9.18 Å². The number of halogens is 1. The normalized spacial score (nSPS) is 9.95. The second-order valence-electron chi connectivity index (χ2n) is 4.19. The van der Waals surface area contributed by atoms with Crippen LogP contribution >= 0.6 is 0 Å². The van der Waals surface area contributed by atoms with Gasteiger partial charge in [0.25, 0.3) is 5.91 Å². The van der Waals surface area contributed by atoms with E-state index in [1.807, 2.05) is 13.8 Å². The highest BCUT2D eigenvalue weighted by molar-refractivity contribution is 5.94. The van der Waals surface area contributed by atoms with Gasteiger partial charge in [-0.3, -0.25) is 4.79 Å². The molecule has 1 aromatic rings. The SMILES string of the molecule is CCC(CC)NC(=O)c1ccc(C#CCN)c(F)c1. The average molecular weight is 262 g/mol. The largest absolute Gasteiger partial charge is 0.349 e. The van der Waals surface area contributed by atoms with E-state index < -0.39 is 5.82 Å². The van der Waals surface area contributed by atoms with E-state index in [1.165, 1.54) is 12.1 Å². The van der Waals surface area contributed by atoms with Crippen molar-refractivity contribution in [2.45, 2.75) is 32.7 Å². The summed E-state index contributed by atoms with van der Waals surface area (Å²) in [7, 11) is 0. The summed E-state index contributed by atoms with van der Waals surface area (Å²) in [6.07, 6.45) is 1.70. The van der Waals surface area contributed by atoms with Gasteiger partial charge in [-0.2, -0.15) is 0 Å². The molecule has 1 amide bonds. The summed E-state index contributed by atoms with van der Waals surface area (Å²) >= 11 is 0. The molecule has 4 heteroatoms. The van der Waals surface area contributed by atoms with Crippen LogP contribution in [0.15, 0.2) is 18.2 Å². The summed E-state index contributed by atoms with van der Waals surface area (Å²) in [4.78, 5) is 11.9. The lowest BCUT2D eigenvalue weighted by Crippen LogP contribution is -2.33. The lowest BCUT2D eigenvalue weighted by molar-refractivity contribution is 0.0934. The molecule has 3 nitrogen and oxygen atoms in total. The third-order valence-corrected chi connectivity index (χ3v) is 2.88. The molecule has 0 aliphatic rings. The van der Waals surface area contributed by atoms with Crippen LogP contribution in [-0.4, -0.2) is 18.5 Å². The Labute approximate surface area is 113 Å². The number of nitrogens with one attached hydrogen (secondary N) is 1. The lowest BCUT2D eigenvalue weighted by Gasteiger charge is -2.14. The zero-order valence-corrected chi connectivity index (χ0v) is 11.3. The molecule has 0 atom stereocenters. The van der Waals surface area contributed by atoms with Crippen molar-refractivity contribution in [1.29, 1.82) is 0 Å². The van der Waals surface area contributed by atoms with Crippen LogP contribution in [0.5, 0.6) is 0 Å². The summed E-state index contributed by atoms with van der Waals surface area (Å²) in [6.45, 7) is 4.18. The number of carbonyl (C=O) groups excluding carboxylic acids is 1. The fourth-order valence-electron chi connectivity index (χ4n) is 1.67. The Bertz CT molecular complexity index is 499. The van der Waals surface area contributed by atoms with E-state index in [4.69, 9.17) is 5.73 Å². The van der Waals surface area contributed by atoms with E-state index in [0.717, 1.165) is 12.8 Å². The Morgan fingerprint density at radius 1 is 1.42 bits per heavy atom. The molecule has 3 N–H and O–H groups in total. The molecule has 1 rings (SSSR count). The van der Waals surface area contributed by atoms with E-state index in [-0.39, 0.29) is 24.1 Å². The molecule has 0 radical (unpaired) electrons. The molecule has 0 aliphatic carbocycles. The topological polar surface area (TPSA) is 55.1 Å². The van der Waals surface area contributed by atoms with Crippen molar-refractivity contribution in [2.24, 2.45) is 5.73 Å². The van der Waals surface area contributed by atoms with Crippen molar-refractivity contribution in [1.82, 2.24) is 5.32 Å². The zero-order valence-electron chi connectivity index (χ0n) is 11.3. The van der Waals surface area contributed by atoms with E-state index in [0.29, 0.717) is 5.56 Å². The minimum atomic E-state index is -0.502. The maximum absolute atomic E-state index is 13.7. The predicted octanol–water partition coefficient (Wildman–Crippen LogP) is 2.05. The molecule has 0 saturated carbocycles. The molecule has 1 aromatic carbocycles. The van der Waals surface area contributed by atoms with Gasteiger partial charge in [-0.15, -0.1) is 0 Å². The van der Waals surface area contributed by atoms with Crippen LogP contribution in [0.3, 0.4) is 0 Å². The molecule has 0 aliphatic heterocycles. The van der Waals surface area contributed by atoms with Gasteiger partial charge in [0, 0.05) is 11.6 Å². The molecule has 0 saturated heterocycles. The van der Waals surface area contributed by atoms with Gasteiger partial charge >= 0.3 is 0 Å². The first kappa shape index (κ1) is 15.2. The molecule has 0 fully saturated rings. The van der Waals surface area contributed by atoms with Gasteiger partial charge < -0.3 is 11.1 Å². The van der Waals surface area contributed by atoms with Gasteiger partial charge in [0.05, 0.1) is 12.1 Å². The number of carbonyl (C=O) groups is 1. The van der Waals surface area contributed by atoms with Crippen molar-refractivity contribution in [3.05, 3.63) is 35.1 Å². The quantitative estimate of drug-likeness (QED) is 0.816. The first-order valence-electron chi connectivity index (χ1n) is 6.41. The Kier molecular flexibility index (Phi) is 6.04. The van der Waals surface area contributed by atoms with Crippen LogP contribution in [0, 0.1) is 17.7 Å². The van der Waals surface area contributed by atoms with E-state index in [2.05, 4.69) is 17.2 Å². The summed E-state index contributed by atoms with van der Waals surface area (Å²) < 4.78 is 13.7. The molecule has 102 valence electrons. The van der Waals surface area contributed by atoms with Crippen LogP contribution in [0.4, 0.5) is 4.39 Å². The summed E-state index contributed by atoms with van der Waals surface area (Å²) in [6, 6.07) is 4.39. The van der Waals surface area contributed by atoms with Gasteiger partial charge in [0.15, 0.2) is 0 Å². The Hall–Kier alpha value is -1.86. The van der Waals surface area contributed by atoms with Crippen LogP contribution in [0.1, 0.15) is 42.6 Å².